The van der Waals surface area contributed by atoms with Gasteiger partial charge >= 0.3 is 6.18 Å². The average Bonchev–Trinajstić information content (AvgIpc) is 3.15. The summed E-state index contributed by atoms with van der Waals surface area (Å²) in [7, 11) is 1.43. The number of hydrogen-bond acceptors (Lipinski definition) is 6. The van der Waals surface area contributed by atoms with Crippen molar-refractivity contribution < 1.29 is 41.4 Å². The monoisotopic (exact) mass is 560 g/mol. The van der Waals surface area contributed by atoms with Gasteiger partial charge in [0.2, 0.25) is 5.91 Å². The fourth-order valence-corrected chi connectivity index (χ4v) is 4.38. The minimum Gasteiger partial charge on any atom is -0.493 e. The van der Waals surface area contributed by atoms with Crippen LogP contribution < -0.4 is 14.8 Å². The molecule has 0 saturated carbocycles. The van der Waals surface area contributed by atoms with Gasteiger partial charge in [-0.1, -0.05) is 24.3 Å². The van der Waals surface area contributed by atoms with Crippen LogP contribution in [-0.4, -0.2) is 35.6 Å². The molecule has 1 saturated heterocycles. The minimum atomic E-state index is -4.59. The summed E-state index contributed by atoms with van der Waals surface area (Å²) in [5.41, 5.74) is 0.191. The quantitative estimate of drug-likeness (QED) is 0.265. The van der Waals surface area contributed by atoms with Gasteiger partial charge < -0.3 is 14.8 Å². The predicted molar refractivity (Wildman–Crippen MR) is 136 cm³/mol. The van der Waals surface area contributed by atoms with Crippen molar-refractivity contribution in [1.29, 1.82) is 0 Å². The first kappa shape index (κ1) is 27.7. The van der Waals surface area contributed by atoms with Crippen LogP contribution in [0.15, 0.2) is 71.6 Å². The van der Waals surface area contributed by atoms with E-state index in [1.807, 2.05) is 0 Å². The summed E-state index contributed by atoms with van der Waals surface area (Å²) in [6.45, 7) is -0.505. The Morgan fingerprint density at radius 1 is 1.03 bits per heavy atom. The van der Waals surface area contributed by atoms with Gasteiger partial charge in [0.1, 0.15) is 19.0 Å². The second-order valence-corrected chi connectivity index (χ2v) is 9.21. The number of methoxy groups -OCH3 is 1. The highest BCUT2D eigenvalue weighted by atomic mass is 32.2. The zero-order valence-corrected chi connectivity index (χ0v) is 21.1. The molecule has 0 spiro atoms. The van der Waals surface area contributed by atoms with Crippen LogP contribution in [0.5, 0.6) is 11.5 Å². The number of alkyl halides is 3. The van der Waals surface area contributed by atoms with Gasteiger partial charge in [0.25, 0.3) is 11.1 Å². The van der Waals surface area contributed by atoms with E-state index < -0.39 is 35.3 Å². The van der Waals surface area contributed by atoms with Crippen molar-refractivity contribution in [3.05, 3.63) is 94.1 Å². The lowest BCUT2D eigenvalue weighted by molar-refractivity contribution is -0.137. The molecule has 1 aliphatic heterocycles. The first-order chi connectivity index (χ1) is 18.5. The van der Waals surface area contributed by atoms with E-state index in [1.165, 1.54) is 31.4 Å². The molecule has 202 valence electrons. The molecule has 1 heterocycles. The van der Waals surface area contributed by atoms with Gasteiger partial charge in [0, 0.05) is 5.69 Å². The van der Waals surface area contributed by atoms with Crippen LogP contribution in [0, 0.1) is 5.82 Å². The van der Waals surface area contributed by atoms with Crippen LogP contribution in [-0.2, 0) is 22.4 Å². The molecule has 0 atom stereocenters. The zero-order valence-electron chi connectivity index (χ0n) is 20.3. The molecule has 7 nitrogen and oxygen atoms in total. The summed E-state index contributed by atoms with van der Waals surface area (Å²) in [6, 6.07) is 14.7. The van der Waals surface area contributed by atoms with E-state index in [2.05, 4.69) is 5.32 Å². The molecule has 4 rings (SSSR count). The van der Waals surface area contributed by atoms with E-state index in [1.54, 1.807) is 30.3 Å². The zero-order chi connectivity index (χ0) is 28.2. The number of imide groups is 1. The largest absolute Gasteiger partial charge is 0.493 e. The average molecular weight is 561 g/mol. The molecule has 0 bridgehead atoms. The Labute approximate surface area is 224 Å². The van der Waals surface area contributed by atoms with E-state index >= 15 is 0 Å². The van der Waals surface area contributed by atoms with E-state index in [0.717, 1.165) is 23.8 Å². The number of nitrogens with one attached hydrogen (secondary N) is 1. The summed E-state index contributed by atoms with van der Waals surface area (Å²) in [4.78, 5) is 38.3. The molecule has 1 aliphatic rings. The number of ether oxygens (including phenoxy) is 2. The number of carbonyl (C=O) groups excluding carboxylic acids is 3. The maximum absolute atomic E-state index is 13.1. The van der Waals surface area contributed by atoms with Crippen LogP contribution in [0.4, 0.5) is 28.0 Å². The Balaban J connectivity index is 1.41. The molecule has 0 radical (unpaired) electrons. The molecule has 1 fully saturated rings. The number of thioether (sulfide) groups is 1. The summed E-state index contributed by atoms with van der Waals surface area (Å²) < 4.78 is 62.9. The van der Waals surface area contributed by atoms with E-state index in [9.17, 15) is 31.9 Å². The first-order valence-electron chi connectivity index (χ1n) is 11.3. The van der Waals surface area contributed by atoms with E-state index in [-0.39, 0.29) is 23.0 Å². The van der Waals surface area contributed by atoms with Crippen molar-refractivity contribution in [2.24, 2.45) is 0 Å². The molecule has 3 aromatic rings. The Bertz CT molecular complexity index is 1440. The minimum absolute atomic E-state index is 0.0499. The molecule has 3 amide bonds. The maximum atomic E-state index is 13.1. The standard InChI is InChI=1S/C27H20F4N2O5S/c1-37-22-11-17(7-10-21(22)38-15-16-5-8-19(28)9-6-16)12-23-25(35)33(26(36)39-23)14-24(34)32-20-4-2-3-18(13-20)27(29,30)31/h2-13H,14-15H2,1H3,(H,32,34)/b23-12-. The summed E-state index contributed by atoms with van der Waals surface area (Å²) in [5, 5.41) is 1.57. The van der Waals surface area contributed by atoms with Crippen molar-refractivity contribution in [2.45, 2.75) is 12.8 Å². The lowest BCUT2D eigenvalue weighted by atomic mass is 10.1. The van der Waals surface area contributed by atoms with Gasteiger partial charge in [-0.15, -0.1) is 0 Å². The number of carbonyl (C=O) groups is 3. The number of benzene rings is 3. The second kappa shape index (κ2) is 11.6. The summed E-state index contributed by atoms with van der Waals surface area (Å²) in [5.74, 6) is -1.16. The Hall–Kier alpha value is -4.32. The molecule has 39 heavy (non-hydrogen) atoms. The van der Waals surface area contributed by atoms with Gasteiger partial charge in [-0.25, -0.2) is 4.39 Å². The third-order valence-corrected chi connectivity index (χ3v) is 6.35. The van der Waals surface area contributed by atoms with Gasteiger partial charge in [-0.2, -0.15) is 13.2 Å². The molecule has 0 aromatic heterocycles. The van der Waals surface area contributed by atoms with E-state index in [0.29, 0.717) is 33.7 Å². The topological polar surface area (TPSA) is 84.9 Å². The molecule has 0 unspecified atom stereocenters. The summed E-state index contributed by atoms with van der Waals surface area (Å²) >= 11 is 0.624. The Morgan fingerprint density at radius 2 is 1.77 bits per heavy atom. The highest BCUT2D eigenvalue weighted by molar-refractivity contribution is 8.18. The number of anilines is 1. The Kier molecular flexibility index (Phi) is 8.24. The predicted octanol–water partition coefficient (Wildman–Crippen LogP) is 6.11. The second-order valence-electron chi connectivity index (χ2n) is 8.22. The van der Waals surface area contributed by atoms with Crippen LogP contribution in [0.3, 0.4) is 0 Å². The number of rotatable bonds is 8. The van der Waals surface area contributed by atoms with Gasteiger partial charge in [0.15, 0.2) is 11.5 Å². The number of halogens is 4. The van der Waals surface area contributed by atoms with Crippen molar-refractivity contribution >= 4 is 40.6 Å². The summed E-state index contributed by atoms with van der Waals surface area (Å²) in [6.07, 6.45) is -3.14. The van der Waals surface area contributed by atoms with Crippen LogP contribution >= 0.6 is 11.8 Å². The highest BCUT2D eigenvalue weighted by Gasteiger charge is 2.36. The smallest absolute Gasteiger partial charge is 0.416 e. The van der Waals surface area contributed by atoms with Gasteiger partial charge in [0.05, 0.1) is 17.6 Å². The number of nitrogens with zero attached hydrogens (tertiary/aromatic N) is 1. The van der Waals surface area contributed by atoms with Gasteiger partial charge in [-0.05, 0) is 71.4 Å². The van der Waals surface area contributed by atoms with Crippen LogP contribution in [0.2, 0.25) is 0 Å². The molecular formula is C27H20F4N2O5S. The molecular weight excluding hydrogens is 540 g/mol. The van der Waals surface area contributed by atoms with Crippen molar-refractivity contribution in [2.75, 3.05) is 19.0 Å². The van der Waals surface area contributed by atoms with Crippen LogP contribution in [0.1, 0.15) is 16.7 Å². The van der Waals surface area contributed by atoms with Crippen molar-refractivity contribution in [1.82, 2.24) is 4.90 Å². The highest BCUT2D eigenvalue weighted by Crippen LogP contribution is 2.35. The molecule has 0 aliphatic carbocycles. The molecule has 1 N–H and O–H groups in total. The number of hydrogen-bond donors (Lipinski definition) is 1. The maximum Gasteiger partial charge on any atom is 0.416 e. The van der Waals surface area contributed by atoms with Gasteiger partial charge in [-0.3, -0.25) is 19.3 Å². The lowest BCUT2D eigenvalue weighted by Crippen LogP contribution is -2.36. The molecule has 12 heteroatoms. The fraction of sp³-hybridized carbons (Fsp3) is 0.148. The third-order valence-electron chi connectivity index (χ3n) is 5.44. The van der Waals surface area contributed by atoms with Crippen molar-refractivity contribution in [3.63, 3.8) is 0 Å². The SMILES string of the molecule is COc1cc(/C=C2\SC(=O)N(CC(=O)Nc3cccc(C(F)(F)F)c3)C2=O)ccc1OCc1ccc(F)cc1. The normalized spacial score (nSPS) is 14.6. The Morgan fingerprint density at radius 3 is 2.46 bits per heavy atom. The van der Waals surface area contributed by atoms with Crippen molar-refractivity contribution in [3.8, 4) is 11.5 Å². The third kappa shape index (κ3) is 6.96. The lowest BCUT2D eigenvalue weighted by Gasteiger charge is -2.13. The first-order valence-corrected chi connectivity index (χ1v) is 12.1. The van der Waals surface area contributed by atoms with E-state index in [4.69, 9.17) is 9.47 Å². The fourth-order valence-electron chi connectivity index (χ4n) is 3.54. The molecule has 3 aromatic carbocycles. The van der Waals surface area contributed by atoms with Crippen LogP contribution in [0.25, 0.3) is 6.08 Å². The number of amides is 3.